The molecule has 0 spiro atoms. The zero-order valence-corrected chi connectivity index (χ0v) is 22.1. The maximum absolute atomic E-state index is 11.4. The number of phenols is 1. The second kappa shape index (κ2) is 15.5. The molecule has 4 N–H and O–H groups in total. The van der Waals surface area contributed by atoms with E-state index in [1.54, 1.807) is 24.3 Å². The van der Waals surface area contributed by atoms with Crippen molar-refractivity contribution in [2.24, 2.45) is 0 Å². The van der Waals surface area contributed by atoms with Gasteiger partial charge in [0.15, 0.2) is 0 Å². The van der Waals surface area contributed by atoms with E-state index in [0.29, 0.717) is 48.6 Å². The molecule has 35 heavy (non-hydrogen) atoms. The molecule has 196 valence electrons. The number of hydrogen-bond acceptors (Lipinski definition) is 7. The average molecular weight is 550 g/mol. The highest BCUT2D eigenvalue weighted by Crippen LogP contribution is 2.28. The van der Waals surface area contributed by atoms with Gasteiger partial charge in [0.1, 0.15) is 5.75 Å². The van der Waals surface area contributed by atoms with Crippen LogP contribution < -0.4 is 10.0 Å². The molecule has 0 aliphatic heterocycles. The van der Waals surface area contributed by atoms with Crippen molar-refractivity contribution in [1.29, 1.82) is 0 Å². The standard InChI is InChI=1S/C24H34Cl2N2O6S/c1-35(31,32)28-22-15-18(9-10-23(22)29)24(30)16-27-11-4-2-3-5-12-33-13-14-34-17-19-20(25)7-6-8-21(19)26/h6-10,15,24,27-30H,2-5,11-14,16-17H2,1H3/t24-/m0/s1. The van der Waals surface area contributed by atoms with Gasteiger partial charge in [0.25, 0.3) is 0 Å². The van der Waals surface area contributed by atoms with E-state index in [-0.39, 0.29) is 11.4 Å². The molecule has 0 aromatic heterocycles. The Morgan fingerprint density at radius 2 is 1.66 bits per heavy atom. The largest absolute Gasteiger partial charge is 0.506 e. The first-order valence-electron chi connectivity index (χ1n) is 11.4. The first kappa shape index (κ1) is 29.6. The van der Waals surface area contributed by atoms with Gasteiger partial charge < -0.3 is 25.0 Å². The number of anilines is 1. The first-order chi connectivity index (χ1) is 16.7. The van der Waals surface area contributed by atoms with E-state index in [4.69, 9.17) is 32.7 Å². The Kier molecular flexibility index (Phi) is 13.1. The third kappa shape index (κ3) is 11.8. The normalized spacial score (nSPS) is 12.6. The molecule has 2 rings (SSSR count). The Hall–Kier alpha value is -1.59. The summed E-state index contributed by atoms with van der Waals surface area (Å²) in [5.41, 5.74) is 1.34. The molecule has 0 saturated carbocycles. The smallest absolute Gasteiger partial charge is 0.229 e. The lowest BCUT2D eigenvalue weighted by molar-refractivity contribution is 0.0393. The first-order valence-corrected chi connectivity index (χ1v) is 14.1. The van der Waals surface area contributed by atoms with Crippen molar-refractivity contribution in [3.8, 4) is 5.75 Å². The van der Waals surface area contributed by atoms with Crippen LogP contribution in [0.3, 0.4) is 0 Å². The molecule has 2 aromatic rings. The fourth-order valence-electron chi connectivity index (χ4n) is 3.27. The fraction of sp³-hybridized carbons (Fsp3) is 0.500. The van der Waals surface area contributed by atoms with Gasteiger partial charge in [0, 0.05) is 28.8 Å². The highest BCUT2D eigenvalue weighted by atomic mass is 35.5. The van der Waals surface area contributed by atoms with Gasteiger partial charge in [0.05, 0.1) is 37.9 Å². The number of phenolic OH excluding ortho intramolecular Hbond substituents is 1. The summed E-state index contributed by atoms with van der Waals surface area (Å²) in [7, 11) is -3.53. The topological polar surface area (TPSA) is 117 Å². The molecule has 11 heteroatoms. The zero-order chi connectivity index (χ0) is 25.7. The fourth-order valence-corrected chi connectivity index (χ4v) is 4.34. The third-order valence-electron chi connectivity index (χ3n) is 5.11. The predicted octanol–water partition coefficient (Wildman–Crippen LogP) is 4.49. The van der Waals surface area contributed by atoms with Crippen molar-refractivity contribution in [2.45, 2.75) is 38.4 Å². The van der Waals surface area contributed by atoms with Gasteiger partial charge in [-0.1, -0.05) is 48.2 Å². The number of halogens is 2. The minimum atomic E-state index is -3.53. The SMILES string of the molecule is CS(=O)(=O)Nc1cc([C@@H](O)CNCCCCCCOCCOCc2c(Cl)cccc2Cl)ccc1O. The number of nitrogens with one attached hydrogen (secondary N) is 2. The van der Waals surface area contributed by atoms with Crippen molar-refractivity contribution >= 4 is 38.9 Å². The highest BCUT2D eigenvalue weighted by molar-refractivity contribution is 7.92. The molecule has 0 fully saturated rings. The van der Waals surface area contributed by atoms with Crippen LogP contribution in [0.25, 0.3) is 0 Å². The Morgan fingerprint density at radius 1 is 0.971 bits per heavy atom. The van der Waals surface area contributed by atoms with Gasteiger partial charge in [-0.05, 0) is 49.2 Å². The van der Waals surface area contributed by atoms with E-state index in [1.807, 2.05) is 0 Å². The Labute approximate surface area is 217 Å². The molecule has 0 heterocycles. The van der Waals surface area contributed by atoms with Crippen LogP contribution in [0.4, 0.5) is 5.69 Å². The van der Waals surface area contributed by atoms with Crippen LogP contribution >= 0.6 is 23.2 Å². The number of benzene rings is 2. The summed E-state index contributed by atoms with van der Waals surface area (Å²) in [6.07, 6.45) is 4.18. The van der Waals surface area contributed by atoms with Crippen LogP contribution in [0.2, 0.25) is 10.0 Å². The van der Waals surface area contributed by atoms with Crippen LogP contribution in [0.15, 0.2) is 36.4 Å². The van der Waals surface area contributed by atoms with Gasteiger partial charge >= 0.3 is 0 Å². The molecule has 0 aliphatic rings. The van der Waals surface area contributed by atoms with Crippen LogP contribution in [0, 0.1) is 0 Å². The Morgan fingerprint density at radius 3 is 2.37 bits per heavy atom. The van der Waals surface area contributed by atoms with E-state index in [2.05, 4.69) is 10.0 Å². The molecule has 0 bridgehead atoms. The van der Waals surface area contributed by atoms with Crippen LogP contribution in [0.1, 0.15) is 42.9 Å². The molecule has 8 nitrogen and oxygen atoms in total. The number of sulfonamides is 1. The quantitative estimate of drug-likeness (QED) is 0.170. The van der Waals surface area contributed by atoms with E-state index in [1.165, 1.54) is 12.1 Å². The molecule has 2 aromatic carbocycles. The number of hydrogen-bond donors (Lipinski definition) is 4. The number of aliphatic hydroxyl groups excluding tert-OH is 1. The Balaban J connectivity index is 1.48. The average Bonchev–Trinajstić information content (AvgIpc) is 2.79. The summed E-state index contributed by atoms with van der Waals surface area (Å²) in [5.74, 6) is -0.196. The van der Waals surface area contributed by atoms with Crippen LogP contribution in [0.5, 0.6) is 5.75 Å². The summed E-state index contributed by atoms with van der Waals surface area (Å²) in [6, 6.07) is 9.72. The molecular formula is C24H34Cl2N2O6S. The van der Waals surface area contributed by atoms with Gasteiger partial charge in [0.2, 0.25) is 10.0 Å². The summed E-state index contributed by atoms with van der Waals surface area (Å²) in [5, 5.41) is 24.5. The number of unbranched alkanes of at least 4 members (excludes halogenated alkanes) is 3. The molecule has 0 unspecified atom stereocenters. The summed E-state index contributed by atoms with van der Waals surface area (Å²) < 4.78 is 36.2. The molecule has 0 amide bonds. The van der Waals surface area contributed by atoms with Crippen molar-refractivity contribution < 1.29 is 28.1 Å². The number of aliphatic hydroxyl groups is 1. The van der Waals surface area contributed by atoms with Gasteiger partial charge in [-0.3, -0.25) is 4.72 Å². The lowest BCUT2D eigenvalue weighted by atomic mass is 10.1. The maximum Gasteiger partial charge on any atom is 0.229 e. The molecule has 1 atom stereocenters. The monoisotopic (exact) mass is 548 g/mol. The number of aromatic hydroxyl groups is 1. The minimum absolute atomic E-state index is 0.0443. The second-order valence-electron chi connectivity index (χ2n) is 8.15. The van der Waals surface area contributed by atoms with Gasteiger partial charge in [-0.25, -0.2) is 8.42 Å². The molecule has 0 radical (unpaired) electrons. The summed E-state index contributed by atoms with van der Waals surface area (Å²) in [6.45, 7) is 3.09. The predicted molar refractivity (Wildman–Crippen MR) is 140 cm³/mol. The molecule has 0 aliphatic carbocycles. The van der Waals surface area contributed by atoms with Crippen LogP contribution in [-0.4, -0.2) is 57.8 Å². The van der Waals surface area contributed by atoms with Gasteiger partial charge in [-0.15, -0.1) is 0 Å². The molecule has 0 saturated heterocycles. The van der Waals surface area contributed by atoms with E-state index >= 15 is 0 Å². The van der Waals surface area contributed by atoms with Crippen molar-refractivity contribution in [2.75, 3.05) is 43.9 Å². The summed E-state index contributed by atoms with van der Waals surface area (Å²) in [4.78, 5) is 0. The maximum atomic E-state index is 11.4. The number of ether oxygens (including phenoxy) is 2. The van der Waals surface area contributed by atoms with Crippen molar-refractivity contribution in [3.63, 3.8) is 0 Å². The minimum Gasteiger partial charge on any atom is -0.506 e. The van der Waals surface area contributed by atoms with Crippen molar-refractivity contribution in [1.82, 2.24) is 5.32 Å². The van der Waals surface area contributed by atoms with Crippen molar-refractivity contribution in [3.05, 3.63) is 57.6 Å². The van der Waals surface area contributed by atoms with E-state index in [0.717, 1.165) is 44.0 Å². The van der Waals surface area contributed by atoms with Crippen LogP contribution in [-0.2, 0) is 26.1 Å². The zero-order valence-electron chi connectivity index (χ0n) is 19.8. The second-order valence-corrected chi connectivity index (χ2v) is 10.7. The third-order valence-corrected chi connectivity index (χ3v) is 6.41. The Bertz CT molecular complexity index is 1000. The van der Waals surface area contributed by atoms with E-state index < -0.39 is 16.1 Å². The van der Waals surface area contributed by atoms with E-state index in [9.17, 15) is 18.6 Å². The molecular weight excluding hydrogens is 515 g/mol. The number of rotatable bonds is 17. The highest BCUT2D eigenvalue weighted by Gasteiger charge is 2.12. The lowest BCUT2D eigenvalue weighted by Crippen LogP contribution is -2.22. The lowest BCUT2D eigenvalue weighted by Gasteiger charge is -2.14. The summed E-state index contributed by atoms with van der Waals surface area (Å²) >= 11 is 12.2. The van der Waals surface area contributed by atoms with Gasteiger partial charge in [-0.2, -0.15) is 0 Å².